The summed E-state index contributed by atoms with van der Waals surface area (Å²) in [6.07, 6.45) is 1.55. The third-order valence-electron chi connectivity index (χ3n) is 5.20. The zero-order chi connectivity index (χ0) is 22.9. The van der Waals surface area contributed by atoms with Gasteiger partial charge in [0.1, 0.15) is 17.4 Å². The Morgan fingerprint density at radius 2 is 1.85 bits per heavy atom. The van der Waals surface area contributed by atoms with Gasteiger partial charge in [0, 0.05) is 11.6 Å². The van der Waals surface area contributed by atoms with E-state index in [0.717, 1.165) is 5.56 Å². The Balaban J connectivity index is 1.54. The van der Waals surface area contributed by atoms with Crippen LogP contribution in [0.1, 0.15) is 16.1 Å². The molecule has 0 fully saturated rings. The van der Waals surface area contributed by atoms with Crippen LogP contribution in [0, 0.1) is 12.7 Å². The number of pyridine rings is 1. The molecule has 0 aliphatic carbocycles. The largest absolute Gasteiger partial charge is 0.497 e. The Kier molecular flexibility index (Phi) is 5.06. The van der Waals surface area contributed by atoms with Gasteiger partial charge < -0.3 is 14.6 Å². The van der Waals surface area contributed by atoms with Crippen LogP contribution < -0.4 is 10.1 Å². The summed E-state index contributed by atoms with van der Waals surface area (Å²) in [5.74, 6) is 0.399. The summed E-state index contributed by atoms with van der Waals surface area (Å²) >= 11 is 0. The highest BCUT2D eigenvalue weighted by Gasteiger charge is 2.21. The van der Waals surface area contributed by atoms with Crippen LogP contribution >= 0.6 is 0 Å². The van der Waals surface area contributed by atoms with Gasteiger partial charge >= 0.3 is 0 Å². The lowest BCUT2D eigenvalue weighted by atomic mass is 10.0. The van der Waals surface area contributed by atoms with Crippen LogP contribution in [-0.2, 0) is 0 Å². The first-order valence-electron chi connectivity index (χ1n) is 10.1. The number of carbonyl (C=O) groups is 1. The lowest BCUT2D eigenvalue weighted by Gasteiger charge is -2.11. The fourth-order valence-electron chi connectivity index (χ4n) is 3.55. The van der Waals surface area contributed by atoms with Gasteiger partial charge in [-0.05, 0) is 61.5 Å². The smallest absolute Gasteiger partial charge is 0.259 e. The molecule has 1 amide bonds. The van der Waals surface area contributed by atoms with Crippen molar-refractivity contribution < 1.29 is 18.4 Å². The van der Waals surface area contributed by atoms with Gasteiger partial charge in [0.05, 0.1) is 41.3 Å². The minimum Gasteiger partial charge on any atom is -0.497 e. The number of carbonyl (C=O) groups excluding carboxylic acids is 1. The van der Waals surface area contributed by atoms with Crippen molar-refractivity contribution in [2.24, 2.45) is 0 Å². The molecule has 0 spiro atoms. The summed E-state index contributed by atoms with van der Waals surface area (Å²) in [6, 6.07) is 16.5. The van der Waals surface area contributed by atoms with Gasteiger partial charge in [0.2, 0.25) is 0 Å². The van der Waals surface area contributed by atoms with Crippen LogP contribution in [0.15, 0.2) is 71.4 Å². The molecule has 33 heavy (non-hydrogen) atoms. The number of hydrogen-bond donors (Lipinski definition) is 1. The summed E-state index contributed by atoms with van der Waals surface area (Å²) < 4.78 is 25.4. The number of anilines is 1. The number of nitrogens with one attached hydrogen (secondary N) is 1. The van der Waals surface area contributed by atoms with E-state index in [1.165, 1.54) is 16.8 Å². The molecule has 0 unspecified atom stereocenters. The van der Waals surface area contributed by atoms with Crippen molar-refractivity contribution in [1.82, 2.24) is 19.9 Å². The molecule has 0 radical (unpaired) electrons. The molecule has 0 saturated heterocycles. The molecule has 5 aromatic rings. The minimum absolute atomic E-state index is 0.262. The maximum atomic E-state index is 13.4. The van der Waals surface area contributed by atoms with Gasteiger partial charge in [-0.25, -0.2) is 14.1 Å². The maximum Gasteiger partial charge on any atom is 0.259 e. The van der Waals surface area contributed by atoms with E-state index in [2.05, 4.69) is 20.6 Å². The predicted octanol–water partition coefficient (Wildman–Crippen LogP) is 4.78. The number of halogens is 1. The number of ether oxygens (including phenoxy) is 1. The Morgan fingerprint density at radius 1 is 1.09 bits per heavy atom. The Labute approximate surface area is 187 Å². The lowest BCUT2D eigenvalue weighted by molar-refractivity contribution is 0.102. The number of methoxy groups -OCH3 is 1. The lowest BCUT2D eigenvalue weighted by Crippen LogP contribution is -2.16. The summed E-state index contributed by atoms with van der Waals surface area (Å²) in [4.78, 5) is 17.9. The van der Waals surface area contributed by atoms with E-state index < -0.39 is 0 Å². The maximum absolute atomic E-state index is 13.4. The van der Waals surface area contributed by atoms with E-state index in [9.17, 15) is 9.18 Å². The number of aromatic nitrogens is 4. The summed E-state index contributed by atoms with van der Waals surface area (Å²) in [5, 5.41) is 11.6. The second-order valence-corrected chi connectivity index (χ2v) is 7.29. The van der Waals surface area contributed by atoms with Gasteiger partial charge in [0.15, 0.2) is 0 Å². The van der Waals surface area contributed by atoms with Crippen LogP contribution in [0.4, 0.5) is 10.2 Å². The van der Waals surface area contributed by atoms with Crippen molar-refractivity contribution in [1.29, 1.82) is 0 Å². The van der Waals surface area contributed by atoms with Crippen molar-refractivity contribution in [2.75, 3.05) is 12.4 Å². The number of aryl methyl sites for hydroxylation is 1. The summed E-state index contributed by atoms with van der Waals surface area (Å²) in [5.41, 5.74) is 3.12. The van der Waals surface area contributed by atoms with E-state index in [1.807, 2.05) is 24.3 Å². The highest BCUT2D eigenvalue weighted by Crippen LogP contribution is 2.29. The molecule has 0 aliphatic heterocycles. The molecule has 0 saturated carbocycles. The third-order valence-corrected chi connectivity index (χ3v) is 5.20. The van der Waals surface area contributed by atoms with Crippen molar-refractivity contribution in [3.63, 3.8) is 0 Å². The molecular weight excluding hydrogens is 425 g/mol. The third kappa shape index (κ3) is 3.80. The van der Waals surface area contributed by atoms with Crippen molar-refractivity contribution in [2.45, 2.75) is 6.92 Å². The zero-order valence-corrected chi connectivity index (χ0v) is 17.7. The number of amides is 1. The molecule has 0 atom stereocenters. The molecule has 3 aromatic heterocycles. The number of benzene rings is 2. The highest BCUT2D eigenvalue weighted by atomic mass is 19.1. The fourth-order valence-corrected chi connectivity index (χ4v) is 3.55. The second-order valence-electron chi connectivity index (χ2n) is 7.29. The number of nitrogens with zero attached hydrogens (tertiary/aromatic N) is 4. The molecule has 8 nitrogen and oxygen atoms in total. The fraction of sp³-hybridized carbons (Fsp3) is 0.0833. The number of fused-ring (bicyclic) bond motifs is 1. The molecule has 0 bridgehead atoms. The number of rotatable bonds is 5. The Bertz CT molecular complexity index is 1460. The van der Waals surface area contributed by atoms with Crippen molar-refractivity contribution in [3.8, 4) is 22.7 Å². The first-order valence-corrected chi connectivity index (χ1v) is 10.1. The standard InChI is InChI=1S/C24H18FN5O3/c1-14-22-19(13-20(27-24(22)33-29-14)15-3-9-18(32-2)10-4-15)23(31)28-21-11-12-26-30(21)17-7-5-16(25)6-8-17/h3-13H,1-2H3,(H,28,31). The van der Waals surface area contributed by atoms with E-state index in [1.54, 1.807) is 44.5 Å². The molecule has 164 valence electrons. The first-order chi connectivity index (χ1) is 16.0. The van der Waals surface area contributed by atoms with Crippen molar-refractivity contribution in [3.05, 3.63) is 83.9 Å². The van der Waals surface area contributed by atoms with Crippen LogP contribution in [0.5, 0.6) is 5.75 Å². The normalized spacial score (nSPS) is 11.0. The van der Waals surface area contributed by atoms with Gasteiger partial charge in [-0.15, -0.1) is 0 Å². The van der Waals surface area contributed by atoms with Gasteiger partial charge in [0.25, 0.3) is 11.6 Å². The minimum atomic E-state index is -0.382. The number of hydrogen-bond acceptors (Lipinski definition) is 6. The molecule has 5 rings (SSSR count). The van der Waals surface area contributed by atoms with E-state index >= 15 is 0 Å². The van der Waals surface area contributed by atoms with Crippen molar-refractivity contribution >= 4 is 22.8 Å². The van der Waals surface area contributed by atoms with Gasteiger partial charge in [-0.3, -0.25) is 4.79 Å². The SMILES string of the molecule is COc1ccc(-c2cc(C(=O)Nc3ccnn3-c3ccc(F)cc3)c3c(C)noc3n2)cc1. The Morgan fingerprint density at radius 3 is 2.58 bits per heavy atom. The van der Waals surface area contributed by atoms with Crippen LogP contribution in [-0.4, -0.2) is 32.9 Å². The van der Waals surface area contributed by atoms with Crippen LogP contribution in [0.2, 0.25) is 0 Å². The molecule has 0 aliphatic rings. The highest BCUT2D eigenvalue weighted by molar-refractivity contribution is 6.12. The van der Waals surface area contributed by atoms with Crippen LogP contribution in [0.25, 0.3) is 28.0 Å². The monoisotopic (exact) mass is 443 g/mol. The first kappa shape index (κ1) is 20.4. The van der Waals surface area contributed by atoms with Crippen LogP contribution in [0.3, 0.4) is 0 Å². The molecule has 1 N–H and O–H groups in total. The molecular formula is C24H18FN5O3. The van der Waals surface area contributed by atoms with E-state index in [4.69, 9.17) is 9.26 Å². The summed E-state index contributed by atoms with van der Waals surface area (Å²) in [7, 11) is 1.59. The topological polar surface area (TPSA) is 95.1 Å². The van der Waals surface area contributed by atoms with Gasteiger partial charge in [-0.2, -0.15) is 5.10 Å². The zero-order valence-electron chi connectivity index (χ0n) is 17.7. The molecule has 3 heterocycles. The summed E-state index contributed by atoms with van der Waals surface area (Å²) in [6.45, 7) is 1.75. The van der Waals surface area contributed by atoms with E-state index in [0.29, 0.717) is 39.6 Å². The van der Waals surface area contributed by atoms with Gasteiger partial charge in [-0.1, -0.05) is 5.16 Å². The predicted molar refractivity (Wildman–Crippen MR) is 120 cm³/mol. The second kappa shape index (κ2) is 8.19. The van der Waals surface area contributed by atoms with E-state index in [-0.39, 0.29) is 17.4 Å². The molecule has 9 heteroatoms. The average Bonchev–Trinajstić information content (AvgIpc) is 3.45. The average molecular weight is 443 g/mol. The quantitative estimate of drug-likeness (QED) is 0.420. The molecule has 2 aromatic carbocycles. The Hall–Kier alpha value is -4.53.